The average Bonchev–Trinajstić information content (AvgIpc) is 2.59. The van der Waals surface area contributed by atoms with Crippen molar-refractivity contribution >= 4 is 11.9 Å². The highest BCUT2D eigenvalue weighted by Gasteiger charge is 2.05. The first-order valence-corrected chi connectivity index (χ1v) is 3.81. The van der Waals surface area contributed by atoms with Crippen LogP contribution in [0.4, 0.5) is 0 Å². The van der Waals surface area contributed by atoms with Crippen LogP contribution in [-0.2, 0) is 0 Å². The molecule has 0 spiro atoms. The standard InChI is InChI=1S/C9H9N3O2/c1-3-5-7(10-6-4-2)8-11-12-9(13)14-8/h3-6H,1-2H2,(H,12,13)/b7-5-,10-6?. The van der Waals surface area contributed by atoms with E-state index in [2.05, 4.69) is 28.3 Å². The SMILES string of the molecule is C=CC=N/C(=C\C=C)c1n[nH]c(=O)o1. The molecule has 5 heteroatoms. The fraction of sp³-hybridized carbons (Fsp3) is 0. The molecule has 0 saturated heterocycles. The van der Waals surface area contributed by atoms with Crippen LogP contribution in [0.1, 0.15) is 5.89 Å². The zero-order valence-corrected chi connectivity index (χ0v) is 7.43. The Labute approximate surface area is 80.2 Å². The summed E-state index contributed by atoms with van der Waals surface area (Å²) in [4.78, 5) is 14.6. The maximum absolute atomic E-state index is 10.7. The fourth-order valence-electron chi connectivity index (χ4n) is 0.754. The molecule has 0 aliphatic carbocycles. The molecular formula is C9H9N3O2. The van der Waals surface area contributed by atoms with Crippen molar-refractivity contribution in [3.63, 3.8) is 0 Å². The maximum atomic E-state index is 10.7. The highest BCUT2D eigenvalue weighted by atomic mass is 16.4. The van der Waals surface area contributed by atoms with Crippen molar-refractivity contribution in [1.29, 1.82) is 0 Å². The Morgan fingerprint density at radius 3 is 2.79 bits per heavy atom. The number of rotatable bonds is 4. The van der Waals surface area contributed by atoms with Crippen LogP contribution in [0.3, 0.4) is 0 Å². The summed E-state index contributed by atoms with van der Waals surface area (Å²) in [5, 5.41) is 5.76. The van der Waals surface area contributed by atoms with Crippen LogP contribution in [0.2, 0.25) is 0 Å². The third kappa shape index (κ3) is 2.41. The molecule has 0 aliphatic heterocycles. The zero-order valence-electron chi connectivity index (χ0n) is 7.43. The second kappa shape index (κ2) is 4.76. The third-order valence-electron chi connectivity index (χ3n) is 1.25. The van der Waals surface area contributed by atoms with Gasteiger partial charge < -0.3 is 4.42 Å². The lowest BCUT2D eigenvalue weighted by atomic mass is 10.4. The molecular weight excluding hydrogens is 182 g/mol. The number of nitrogens with one attached hydrogen (secondary N) is 1. The van der Waals surface area contributed by atoms with Gasteiger partial charge in [-0.25, -0.2) is 9.89 Å². The van der Waals surface area contributed by atoms with Gasteiger partial charge in [-0.05, 0) is 6.08 Å². The van der Waals surface area contributed by atoms with Crippen molar-refractivity contribution < 1.29 is 4.42 Å². The van der Waals surface area contributed by atoms with Gasteiger partial charge in [-0.1, -0.05) is 25.3 Å². The second-order valence-electron chi connectivity index (χ2n) is 2.22. The smallest absolute Gasteiger partial charge is 0.386 e. The summed E-state index contributed by atoms with van der Waals surface area (Å²) in [6.07, 6.45) is 6.05. The minimum Gasteiger partial charge on any atom is -0.386 e. The van der Waals surface area contributed by atoms with Gasteiger partial charge in [0.25, 0.3) is 5.89 Å². The van der Waals surface area contributed by atoms with Crippen LogP contribution in [0, 0.1) is 0 Å². The van der Waals surface area contributed by atoms with E-state index in [1.54, 1.807) is 6.08 Å². The number of nitrogens with zero attached hydrogens (tertiary/aromatic N) is 2. The van der Waals surface area contributed by atoms with Crippen molar-refractivity contribution in [3.05, 3.63) is 47.8 Å². The Balaban J connectivity index is 3.06. The molecule has 0 amide bonds. The van der Waals surface area contributed by atoms with E-state index >= 15 is 0 Å². The first-order chi connectivity index (χ1) is 6.77. The fourth-order valence-corrected chi connectivity index (χ4v) is 0.754. The topological polar surface area (TPSA) is 71.2 Å². The number of H-pyrrole nitrogens is 1. The molecule has 0 radical (unpaired) electrons. The quantitative estimate of drug-likeness (QED) is 0.573. The van der Waals surface area contributed by atoms with Crippen LogP contribution in [0.15, 0.2) is 45.6 Å². The molecule has 1 heterocycles. The van der Waals surface area contributed by atoms with Crippen LogP contribution in [0.25, 0.3) is 5.70 Å². The summed E-state index contributed by atoms with van der Waals surface area (Å²) >= 11 is 0. The molecule has 0 aromatic carbocycles. The normalized spacial score (nSPS) is 11.9. The second-order valence-corrected chi connectivity index (χ2v) is 2.22. The Hall–Kier alpha value is -2.17. The van der Waals surface area contributed by atoms with E-state index in [1.165, 1.54) is 18.4 Å². The molecule has 72 valence electrons. The summed E-state index contributed by atoms with van der Waals surface area (Å²) in [5.41, 5.74) is 0.401. The minimum absolute atomic E-state index is 0.119. The van der Waals surface area contributed by atoms with Gasteiger partial charge in [0.05, 0.1) is 0 Å². The van der Waals surface area contributed by atoms with E-state index in [-0.39, 0.29) is 5.89 Å². The number of hydrogen-bond donors (Lipinski definition) is 1. The number of hydrogen-bond acceptors (Lipinski definition) is 4. The van der Waals surface area contributed by atoms with Crippen LogP contribution < -0.4 is 5.76 Å². The Morgan fingerprint density at radius 1 is 1.50 bits per heavy atom. The Bertz CT molecular complexity index is 437. The lowest BCUT2D eigenvalue weighted by Crippen LogP contribution is -1.93. The highest BCUT2D eigenvalue weighted by molar-refractivity contribution is 5.78. The average molecular weight is 191 g/mol. The molecule has 1 N–H and O–H groups in total. The number of aromatic amines is 1. The molecule has 0 fully saturated rings. The lowest BCUT2D eigenvalue weighted by Gasteiger charge is -1.90. The maximum Gasteiger partial charge on any atom is 0.434 e. The van der Waals surface area contributed by atoms with Crippen LogP contribution >= 0.6 is 0 Å². The Kier molecular flexibility index (Phi) is 3.37. The van der Waals surface area contributed by atoms with Crippen LogP contribution in [-0.4, -0.2) is 16.4 Å². The van der Waals surface area contributed by atoms with Crippen molar-refractivity contribution in [3.8, 4) is 0 Å². The first kappa shape index (κ1) is 9.91. The lowest BCUT2D eigenvalue weighted by molar-refractivity contribution is 0.499. The van der Waals surface area contributed by atoms with Crippen molar-refractivity contribution in [1.82, 2.24) is 10.2 Å². The van der Waals surface area contributed by atoms with E-state index in [0.717, 1.165) is 0 Å². The molecule has 0 aliphatic rings. The molecule has 0 bridgehead atoms. The largest absolute Gasteiger partial charge is 0.434 e. The summed E-state index contributed by atoms with van der Waals surface area (Å²) in [7, 11) is 0. The highest BCUT2D eigenvalue weighted by Crippen LogP contribution is 2.10. The third-order valence-corrected chi connectivity index (χ3v) is 1.25. The number of aromatic nitrogens is 2. The predicted octanol–water partition coefficient (Wildman–Crippen LogP) is 1.15. The van der Waals surface area contributed by atoms with E-state index < -0.39 is 5.76 Å². The van der Waals surface area contributed by atoms with Crippen molar-refractivity contribution in [2.24, 2.45) is 4.99 Å². The summed E-state index contributed by atoms with van der Waals surface area (Å²) in [6.45, 7) is 6.98. The molecule has 0 saturated carbocycles. The minimum atomic E-state index is -0.622. The molecule has 14 heavy (non-hydrogen) atoms. The van der Waals surface area contributed by atoms with Gasteiger partial charge in [0.2, 0.25) is 0 Å². The van der Waals surface area contributed by atoms with Gasteiger partial charge in [0.15, 0.2) is 0 Å². The molecule has 1 aromatic heterocycles. The molecule has 0 unspecified atom stereocenters. The van der Waals surface area contributed by atoms with Gasteiger partial charge >= 0.3 is 5.76 Å². The van der Waals surface area contributed by atoms with E-state index in [1.807, 2.05) is 0 Å². The summed E-state index contributed by atoms with van der Waals surface area (Å²) < 4.78 is 4.71. The van der Waals surface area contributed by atoms with Crippen molar-refractivity contribution in [2.45, 2.75) is 0 Å². The van der Waals surface area contributed by atoms with Gasteiger partial charge in [0.1, 0.15) is 5.70 Å². The molecule has 1 aromatic rings. The van der Waals surface area contributed by atoms with Crippen molar-refractivity contribution in [2.75, 3.05) is 0 Å². The first-order valence-electron chi connectivity index (χ1n) is 3.81. The van der Waals surface area contributed by atoms with E-state index in [4.69, 9.17) is 4.42 Å². The number of allylic oxidation sites excluding steroid dienone is 3. The molecule has 5 nitrogen and oxygen atoms in total. The van der Waals surface area contributed by atoms with Gasteiger partial charge in [-0.2, -0.15) is 0 Å². The van der Waals surface area contributed by atoms with E-state index in [0.29, 0.717) is 5.70 Å². The Morgan fingerprint density at radius 2 is 2.29 bits per heavy atom. The van der Waals surface area contributed by atoms with Crippen LogP contribution in [0.5, 0.6) is 0 Å². The predicted molar refractivity (Wildman–Crippen MR) is 54.0 cm³/mol. The molecule has 1 rings (SSSR count). The monoisotopic (exact) mass is 191 g/mol. The molecule has 0 atom stereocenters. The van der Waals surface area contributed by atoms with Gasteiger partial charge in [-0.3, -0.25) is 4.99 Å². The van der Waals surface area contributed by atoms with E-state index in [9.17, 15) is 4.79 Å². The van der Waals surface area contributed by atoms with Gasteiger partial charge in [0, 0.05) is 6.21 Å². The summed E-state index contributed by atoms with van der Waals surface area (Å²) in [5.74, 6) is -0.503. The number of aliphatic imine (C=N–C) groups is 1. The van der Waals surface area contributed by atoms with Gasteiger partial charge in [-0.15, -0.1) is 5.10 Å². The summed E-state index contributed by atoms with van der Waals surface area (Å²) in [6, 6.07) is 0. The zero-order chi connectivity index (χ0) is 10.4.